The van der Waals surface area contributed by atoms with E-state index in [2.05, 4.69) is 39.5 Å². The average Bonchev–Trinajstić information content (AvgIpc) is 3.47. The number of nitrogens with one attached hydrogen (secondary N) is 1. The Kier molecular flexibility index (Phi) is 6.71. The van der Waals surface area contributed by atoms with Gasteiger partial charge in [0.25, 0.3) is 5.91 Å². The number of carbonyl (C=O) groups excluding carboxylic acids is 1. The Morgan fingerprint density at radius 2 is 1.90 bits per heavy atom. The van der Waals surface area contributed by atoms with Crippen LogP contribution >= 0.6 is 0 Å². The van der Waals surface area contributed by atoms with Crippen LogP contribution in [0.4, 0.5) is 0 Å². The minimum atomic E-state index is -0.552. The Morgan fingerprint density at radius 1 is 1.13 bits per heavy atom. The highest BCUT2D eigenvalue weighted by molar-refractivity contribution is 5.93. The fraction of sp³-hybridized carbons (Fsp3) is 0.348. The van der Waals surface area contributed by atoms with Gasteiger partial charge in [-0.2, -0.15) is 0 Å². The molecule has 0 spiro atoms. The third kappa shape index (κ3) is 4.99. The lowest BCUT2D eigenvalue weighted by atomic mass is 10.1. The lowest BCUT2D eigenvalue weighted by molar-refractivity contribution is 0.0706. The van der Waals surface area contributed by atoms with Crippen molar-refractivity contribution in [2.75, 3.05) is 19.7 Å². The van der Waals surface area contributed by atoms with Crippen molar-refractivity contribution in [1.82, 2.24) is 25.4 Å². The Labute approximate surface area is 181 Å². The molecular formula is C23H27N5O3. The molecule has 0 bridgehead atoms. The summed E-state index contributed by atoms with van der Waals surface area (Å²) in [6, 6.07) is 17.6. The topological polar surface area (TPSA) is 104 Å². The second kappa shape index (κ2) is 9.82. The molecular weight excluding hydrogens is 394 g/mol. The number of aliphatic hydroxyl groups excluding tert-OH is 1. The number of likely N-dealkylation sites (tertiary alicyclic amines) is 1. The van der Waals surface area contributed by atoms with Crippen LogP contribution in [0.3, 0.4) is 0 Å². The molecule has 0 radical (unpaired) electrons. The Bertz CT molecular complexity index is 990. The monoisotopic (exact) mass is 421 g/mol. The molecule has 2 aromatic carbocycles. The molecule has 1 saturated heterocycles. The molecule has 4 rings (SSSR count). The van der Waals surface area contributed by atoms with E-state index < -0.39 is 5.91 Å². The second-order valence-electron chi connectivity index (χ2n) is 7.91. The van der Waals surface area contributed by atoms with E-state index in [0.29, 0.717) is 5.56 Å². The van der Waals surface area contributed by atoms with Crippen LogP contribution in [0.2, 0.25) is 0 Å². The van der Waals surface area contributed by atoms with E-state index in [0.717, 1.165) is 43.6 Å². The van der Waals surface area contributed by atoms with E-state index in [4.69, 9.17) is 5.21 Å². The average molecular weight is 422 g/mol. The first kappa shape index (κ1) is 21.2. The smallest absolute Gasteiger partial charge is 0.274 e. The predicted molar refractivity (Wildman–Crippen MR) is 116 cm³/mol. The molecule has 8 heteroatoms. The highest BCUT2D eigenvalue weighted by Crippen LogP contribution is 2.28. The minimum absolute atomic E-state index is 0.129. The van der Waals surface area contributed by atoms with Gasteiger partial charge >= 0.3 is 0 Å². The Hall–Kier alpha value is -3.07. The van der Waals surface area contributed by atoms with Crippen LogP contribution in [0.15, 0.2) is 60.8 Å². The number of aromatic nitrogens is 3. The number of benzene rings is 2. The number of carbonyl (C=O) groups is 1. The largest absolute Gasteiger partial charge is 0.395 e. The van der Waals surface area contributed by atoms with Gasteiger partial charge in [-0.05, 0) is 43.5 Å². The van der Waals surface area contributed by atoms with E-state index in [9.17, 15) is 9.90 Å². The third-order valence-corrected chi connectivity index (χ3v) is 5.90. The van der Waals surface area contributed by atoms with Gasteiger partial charge in [0.2, 0.25) is 0 Å². The van der Waals surface area contributed by atoms with Crippen molar-refractivity contribution in [3.05, 3.63) is 71.9 Å². The SMILES string of the molecule is O=C(NO)c1ccc(-c2cn([C@@H]3C[C@@H](CO)N(CCCc4ccccc4)C3)nn2)cc1. The van der Waals surface area contributed by atoms with Gasteiger partial charge in [0.1, 0.15) is 5.69 Å². The maximum Gasteiger partial charge on any atom is 0.274 e. The quantitative estimate of drug-likeness (QED) is 0.381. The second-order valence-corrected chi connectivity index (χ2v) is 7.91. The van der Waals surface area contributed by atoms with Crippen LogP contribution in [-0.4, -0.2) is 61.9 Å². The van der Waals surface area contributed by atoms with Crippen LogP contribution in [0.5, 0.6) is 0 Å². The Morgan fingerprint density at radius 3 is 2.61 bits per heavy atom. The zero-order valence-electron chi connectivity index (χ0n) is 17.3. The zero-order valence-corrected chi connectivity index (χ0v) is 17.3. The summed E-state index contributed by atoms with van der Waals surface area (Å²) in [6.07, 6.45) is 4.81. The van der Waals surface area contributed by atoms with Crippen molar-refractivity contribution in [3.63, 3.8) is 0 Å². The standard InChI is InChI=1S/C23H27N5O3/c29-16-21-13-20(14-27(21)12-4-7-17-5-2-1-3-6-17)28-15-22(24-26-28)18-8-10-19(11-9-18)23(30)25-31/h1-3,5-6,8-11,15,20-21,29,31H,4,7,12-14,16H2,(H,25,30)/t20-,21+/m1/s1. The van der Waals surface area contributed by atoms with E-state index >= 15 is 0 Å². The van der Waals surface area contributed by atoms with E-state index in [1.54, 1.807) is 29.7 Å². The van der Waals surface area contributed by atoms with Gasteiger partial charge in [-0.3, -0.25) is 14.9 Å². The maximum absolute atomic E-state index is 11.5. The van der Waals surface area contributed by atoms with Crippen molar-refractivity contribution in [3.8, 4) is 11.3 Å². The van der Waals surface area contributed by atoms with Gasteiger partial charge in [0.05, 0.1) is 18.8 Å². The van der Waals surface area contributed by atoms with Crippen LogP contribution in [0.1, 0.15) is 34.8 Å². The number of hydrogen-bond acceptors (Lipinski definition) is 6. The number of nitrogens with zero attached hydrogens (tertiary/aromatic N) is 4. The molecule has 3 N–H and O–H groups in total. The summed E-state index contributed by atoms with van der Waals surface area (Å²) >= 11 is 0. The maximum atomic E-state index is 11.5. The molecule has 1 aromatic heterocycles. The van der Waals surface area contributed by atoms with Crippen LogP contribution in [0, 0.1) is 0 Å². The van der Waals surface area contributed by atoms with Gasteiger partial charge in [0, 0.05) is 23.7 Å². The van der Waals surface area contributed by atoms with Gasteiger partial charge in [-0.1, -0.05) is 47.7 Å². The molecule has 1 fully saturated rings. The summed E-state index contributed by atoms with van der Waals surface area (Å²) in [5, 5.41) is 27.2. The number of hydroxylamine groups is 1. The van der Waals surface area contributed by atoms with Gasteiger partial charge in [-0.25, -0.2) is 10.2 Å². The molecule has 0 unspecified atom stereocenters. The molecule has 0 saturated carbocycles. The van der Waals surface area contributed by atoms with Gasteiger partial charge in [0.15, 0.2) is 0 Å². The van der Waals surface area contributed by atoms with Gasteiger partial charge in [-0.15, -0.1) is 5.10 Å². The molecule has 1 amide bonds. The van der Waals surface area contributed by atoms with E-state index in [1.165, 1.54) is 5.56 Å². The first-order valence-electron chi connectivity index (χ1n) is 10.5. The summed E-state index contributed by atoms with van der Waals surface area (Å²) in [7, 11) is 0. The van der Waals surface area contributed by atoms with Crippen molar-refractivity contribution in [2.45, 2.75) is 31.3 Å². The highest BCUT2D eigenvalue weighted by atomic mass is 16.5. The van der Waals surface area contributed by atoms with Crippen molar-refractivity contribution in [1.29, 1.82) is 0 Å². The first-order valence-corrected chi connectivity index (χ1v) is 10.5. The molecule has 1 aliphatic rings. The van der Waals surface area contributed by atoms with E-state index in [1.807, 2.05) is 16.9 Å². The summed E-state index contributed by atoms with van der Waals surface area (Å²) in [4.78, 5) is 13.8. The van der Waals surface area contributed by atoms with Crippen LogP contribution < -0.4 is 5.48 Å². The number of hydrogen-bond donors (Lipinski definition) is 3. The van der Waals surface area contributed by atoms with E-state index in [-0.39, 0.29) is 18.7 Å². The number of amides is 1. The summed E-state index contributed by atoms with van der Waals surface area (Å²) in [5.41, 5.74) is 4.89. The normalized spacial score (nSPS) is 18.9. The third-order valence-electron chi connectivity index (χ3n) is 5.90. The number of rotatable bonds is 8. The number of aryl methyl sites for hydroxylation is 1. The molecule has 0 aliphatic carbocycles. The van der Waals surface area contributed by atoms with Crippen LogP contribution in [-0.2, 0) is 6.42 Å². The van der Waals surface area contributed by atoms with Gasteiger partial charge < -0.3 is 5.11 Å². The number of aliphatic hydroxyl groups is 1. The fourth-order valence-corrected chi connectivity index (χ4v) is 4.19. The first-order chi connectivity index (χ1) is 15.2. The van der Waals surface area contributed by atoms with Crippen molar-refractivity contribution >= 4 is 5.91 Å². The summed E-state index contributed by atoms with van der Waals surface area (Å²) in [6.45, 7) is 1.91. The zero-order chi connectivity index (χ0) is 21.6. The predicted octanol–water partition coefficient (Wildman–Crippen LogP) is 2.30. The summed E-state index contributed by atoms with van der Waals surface area (Å²) in [5.74, 6) is -0.552. The Balaban J connectivity index is 1.37. The molecule has 162 valence electrons. The highest BCUT2D eigenvalue weighted by Gasteiger charge is 2.33. The lowest BCUT2D eigenvalue weighted by Gasteiger charge is -2.22. The lowest BCUT2D eigenvalue weighted by Crippen LogP contribution is -2.33. The molecule has 31 heavy (non-hydrogen) atoms. The molecule has 3 aromatic rings. The molecule has 2 heterocycles. The minimum Gasteiger partial charge on any atom is -0.395 e. The summed E-state index contributed by atoms with van der Waals surface area (Å²) < 4.78 is 1.88. The fourth-order valence-electron chi connectivity index (χ4n) is 4.19. The molecule has 8 nitrogen and oxygen atoms in total. The molecule has 1 aliphatic heterocycles. The van der Waals surface area contributed by atoms with Crippen molar-refractivity contribution in [2.24, 2.45) is 0 Å². The van der Waals surface area contributed by atoms with Crippen LogP contribution in [0.25, 0.3) is 11.3 Å². The molecule has 2 atom stereocenters. The van der Waals surface area contributed by atoms with Crippen molar-refractivity contribution < 1.29 is 15.1 Å².